The van der Waals surface area contributed by atoms with Gasteiger partial charge in [0, 0.05) is 6.42 Å². The Morgan fingerprint density at radius 3 is 2.67 bits per heavy atom. The van der Waals surface area contributed by atoms with Crippen LogP contribution in [0, 0.1) is 5.82 Å². The summed E-state index contributed by atoms with van der Waals surface area (Å²) in [5, 5.41) is 19.0. The first-order chi connectivity index (χ1) is 7.04. The van der Waals surface area contributed by atoms with Crippen molar-refractivity contribution in [2.45, 2.75) is 24.9 Å². The van der Waals surface area contributed by atoms with Crippen molar-refractivity contribution in [2.75, 3.05) is 7.11 Å². The second-order valence-corrected chi connectivity index (χ2v) is 4.03. The maximum Gasteiger partial charge on any atom is 0.194 e. The SMILES string of the molecule is COc1cc(CC2(O)CC2)cc(F)c1O. The molecule has 2 N–H and O–H groups in total. The molecule has 2 rings (SSSR count). The zero-order valence-electron chi connectivity index (χ0n) is 8.46. The van der Waals surface area contributed by atoms with Gasteiger partial charge in [0.1, 0.15) is 0 Å². The van der Waals surface area contributed by atoms with Gasteiger partial charge in [0.05, 0.1) is 12.7 Å². The minimum atomic E-state index is -0.714. The number of halogens is 1. The fraction of sp³-hybridized carbons (Fsp3) is 0.455. The van der Waals surface area contributed by atoms with Gasteiger partial charge in [-0.2, -0.15) is 0 Å². The van der Waals surface area contributed by atoms with E-state index in [1.165, 1.54) is 13.2 Å². The fourth-order valence-electron chi connectivity index (χ4n) is 1.59. The van der Waals surface area contributed by atoms with Crippen molar-refractivity contribution in [1.82, 2.24) is 0 Å². The first-order valence-corrected chi connectivity index (χ1v) is 4.82. The third-order valence-electron chi connectivity index (χ3n) is 2.67. The Morgan fingerprint density at radius 1 is 1.47 bits per heavy atom. The molecule has 1 aliphatic rings. The molecule has 4 heteroatoms. The van der Waals surface area contributed by atoms with Crippen LogP contribution >= 0.6 is 0 Å². The molecular formula is C11H13FO3. The molecule has 0 amide bonds. The molecule has 3 nitrogen and oxygen atoms in total. The summed E-state index contributed by atoms with van der Waals surface area (Å²) in [6.07, 6.45) is 1.90. The van der Waals surface area contributed by atoms with Crippen LogP contribution in [-0.2, 0) is 6.42 Å². The number of phenolic OH excluding ortho intramolecular Hbond substituents is 1. The zero-order valence-corrected chi connectivity index (χ0v) is 8.46. The highest BCUT2D eigenvalue weighted by Crippen LogP contribution is 2.40. The van der Waals surface area contributed by atoms with E-state index in [0.717, 1.165) is 12.8 Å². The van der Waals surface area contributed by atoms with E-state index in [0.29, 0.717) is 12.0 Å². The number of hydrogen-bond acceptors (Lipinski definition) is 3. The number of hydrogen-bond donors (Lipinski definition) is 2. The second kappa shape index (κ2) is 3.38. The van der Waals surface area contributed by atoms with Crippen LogP contribution in [0.15, 0.2) is 12.1 Å². The summed E-state index contributed by atoms with van der Waals surface area (Å²) < 4.78 is 18.0. The lowest BCUT2D eigenvalue weighted by atomic mass is 10.1. The minimum Gasteiger partial charge on any atom is -0.502 e. The summed E-state index contributed by atoms with van der Waals surface area (Å²) in [6, 6.07) is 2.78. The number of phenols is 1. The van der Waals surface area contributed by atoms with Crippen LogP contribution in [0.1, 0.15) is 18.4 Å². The average molecular weight is 212 g/mol. The van der Waals surface area contributed by atoms with Gasteiger partial charge in [0.15, 0.2) is 17.3 Å². The number of aliphatic hydroxyl groups is 1. The third-order valence-corrected chi connectivity index (χ3v) is 2.67. The molecule has 0 aromatic heterocycles. The molecule has 1 aromatic carbocycles. The standard InChI is InChI=1S/C11H13FO3/c1-15-9-5-7(4-8(12)10(9)13)6-11(14)2-3-11/h4-5,13-14H,2-3,6H2,1H3. The van der Waals surface area contributed by atoms with Crippen molar-refractivity contribution < 1.29 is 19.3 Å². The monoisotopic (exact) mass is 212 g/mol. The third kappa shape index (κ3) is 2.04. The summed E-state index contributed by atoms with van der Waals surface area (Å²) in [6.45, 7) is 0. The van der Waals surface area contributed by atoms with E-state index in [1.807, 2.05) is 0 Å². The normalized spacial score (nSPS) is 17.5. The Kier molecular flexibility index (Phi) is 2.31. The fourth-order valence-corrected chi connectivity index (χ4v) is 1.59. The summed E-state index contributed by atoms with van der Waals surface area (Å²) >= 11 is 0. The first kappa shape index (κ1) is 10.2. The predicted molar refractivity (Wildman–Crippen MR) is 52.5 cm³/mol. The highest BCUT2D eigenvalue weighted by atomic mass is 19.1. The molecule has 1 saturated carbocycles. The Hall–Kier alpha value is -1.29. The number of ether oxygens (including phenoxy) is 1. The molecule has 0 heterocycles. The van der Waals surface area contributed by atoms with Crippen LogP contribution in [0.5, 0.6) is 11.5 Å². The van der Waals surface area contributed by atoms with Crippen molar-refractivity contribution in [1.29, 1.82) is 0 Å². The van der Waals surface area contributed by atoms with Gasteiger partial charge in [0.2, 0.25) is 0 Å². The predicted octanol–water partition coefficient (Wildman–Crippen LogP) is 1.61. The molecule has 1 aliphatic carbocycles. The molecule has 0 saturated heterocycles. The molecule has 0 unspecified atom stereocenters. The maximum absolute atomic E-state index is 13.2. The van der Waals surface area contributed by atoms with E-state index >= 15 is 0 Å². The van der Waals surface area contributed by atoms with Gasteiger partial charge >= 0.3 is 0 Å². The quantitative estimate of drug-likeness (QED) is 0.800. The number of benzene rings is 1. The lowest BCUT2D eigenvalue weighted by Crippen LogP contribution is -2.10. The van der Waals surface area contributed by atoms with E-state index in [9.17, 15) is 14.6 Å². The van der Waals surface area contributed by atoms with Crippen molar-refractivity contribution in [2.24, 2.45) is 0 Å². The molecule has 0 radical (unpaired) electrons. The van der Waals surface area contributed by atoms with E-state index < -0.39 is 17.2 Å². The van der Waals surface area contributed by atoms with E-state index in [4.69, 9.17) is 4.74 Å². The second-order valence-electron chi connectivity index (χ2n) is 4.03. The highest BCUT2D eigenvalue weighted by molar-refractivity contribution is 5.43. The van der Waals surface area contributed by atoms with E-state index in [1.54, 1.807) is 6.07 Å². The van der Waals surface area contributed by atoms with Gasteiger partial charge in [-0.25, -0.2) is 4.39 Å². The van der Waals surface area contributed by atoms with Crippen molar-refractivity contribution >= 4 is 0 Å². The molecular weight excluding hydrogens is 199 g/mol. The summed E-state index contributed by atoms with van der Waals surface area (Å²) in [4.78, 5) is 0. The van der Waals surface area contributed by atoms with Gasteiger partial charge in [0.25, 0.3) is 0 Å². The smallest absolute Gasteiger partial charge is 0.194 e. The van der Waals surface area contributed by atoms with Crippen LogP contribution in [-0.4, -0.2) is 22.9 Å². The van der Waals surface area contributed by atoms with Crippen LogP contribution in [0.25, 0.3) is 0 Å². The Bertz CT molecular complexity index is 386. The van der Waals surface area contributed by atoms with Crippen LogP contribution in [0.4, 0.5) is 4.39 Å². The number of aromatic hydroxyl groups is 1. The van der Waals surface area contributed by atoms with Crippen molar-refractivity contribution in [3.63, 3.8) is 0 Å². The molecule has 82 valence electrons. The Labute approximate surface area is 87.1 Å². The summed E-state index contributed by atoms with van der Waals surface area (Å²) in [7, 11) is 1.37. The topological polar surface area (TPSA) is 49.7 Å². The lowest BCUT2D eigenvalue weighted by molar-refractivity contribution is 0.150. The summed E-state index contributed by atoms with van der Waals surface area (Å²) in [5.74, 6) is -1.09. The zero-order chi connectivity index (χ0) is 11.1. The van der Waals surface area contributed by atoms with Gasteiger partial charge in [-0.3, -0.25) is 0 Å². The Balaban J connectivity index is 2.28. The van der Waals surface area contributed by atoms with Gasteiger partial charge < -0.3 is 14.9 Å². The average Bonchev–Trinajstić information content (AvgIpc) is 2.89. The van der Waals surface area contributed by atoms with E-state index in [2.05, 4.69) is 0 Å². The molecule has 1 fully saturated rings. The summed E-state index contributed by atoms with van der Waals surface area (Å²) in [5.41, 5.74) is -0.0313. The van der Waals surface area contributed by atoms with Crippen LogP contribution < -0.4 is 4.74 Å². The number of rotatable bonds is 3. The number of methoxy groups -OCH3 is 1. The van der Waals surface area contributed by atoms with Crippen LogP contribution in [0.3, 0.4) is 0 Å². The molecule has 0 atom stereocenters. The molecule has 0 bridgehead atoms. The minimum absolute atomic E-state index is 0.106. The molecule has 0 aliphatic heterocycles. The highest BCUT2D eigenvalue weighted by Gasteiger charge is 2.40. The first-order valence-electron chi connectivity index (χ1n) is 4.82. The Morgan fingerprint density at radius 2 is 2.13 bits per heavy atom. The van der Waals surface area contributed by atoms with Gasteiger partial charge in [-0.1, -0.05) is 0 Å². The largest absolute Gasteiger partial charge is 0.502 e. The van der Waals surface area contributed by atoms with Crippen molar-refractivity contribution in [3.05, 3.63) is 23.5 Å². The molecule has 0 spiro atoms. The lowest BCUT2D eigenvalue weighted by Gasteiger charge is -2.10. The molecule has 1 aromatic rings. The maximum atomic E-state index is 13.2. The van der Waals surface area contributed by atoms with E-state index in [-0.39, 0.29) is 5.75 Å². The van der Waals surface area contributed by atoms with Crippen LogP contribution in [0.2, 0.25) is 0 Å². The van der Waals surface area contributed by atoms with Crippen molar-refractivity contribution in [3.8, 4) is 11.5 Å². The molecule has 15 heavy (non-hydrogen) atoms. The van der Waals surface area contributed by atoms with Gasteiger partial charge in [-0.05, 0) is 30.5 Å². The van der Waals surface area contributed by atoms with Gasteiger partial charge in [-0.15, -0.1) is 0 Å².